The van der Waals surface area contributed by atoms with Gasteiger partial charge in [0.05, 0.1) is 18.5 Å². The van der Waals surface area contributed by atoms with Gasteiger partial charge >= 0.3 is 11.8 Å². The summed E-state index contributed by atoms with van der Waals surface area (Å²) in [6, 6.07) is 16.8. The third kappa shape index (κ3) is 4.12. The number of hydrogen-bond donors (Lipinski definition) is 2. The van der Waals surface area contributed by atoms with E-state index in [9.17, 15) is 9.59 Å². The van der Waals surface area contributed by atoms with Crippen LogP contribution in [-0.4, -0.2) is 28.7 Å². The van der Waals surface area contributed by atoms with Crippen molar-refractivity contribution in [1.82, 2.24) is 15.1 Å². The van der Waals surface area contributed by atoms with E-state index in [0.29, 0.717) is 5.82 Å². The minimum Gasteiger partial charge on any atom is -0.497 e. The second-order valence-electron chi connectivity index (χ2n) is 6.50. The topological polar surface area (TPSA) is 85.2 Å². The van der Waals surface area contributed by atoms with Crippen molar-refractivity contribution in [3.05, 3.63) is 71.4 Å². The van der Waals surface area contributed by atoms with Gasteiger partial charge in [-0.15, -0.1) is 0 Å². The third-order valence-electron chi connectivity index (χ3n) is 4.60. The van der Waals surface area contributed by atoms with Crippen LogP contribution in [0.5, 0.6) is 5.75 Å². The Morgan fingerprint density at radius 1 is 1.07 bits per heavy atom. The summed E-state index contributed by atoms with van der Waals surface area (Å²) in [6.07, 6.45) is 0. The van der Waals surface area contributed by atoms with Crippen LogP contribution in [0.1, 0.15) is 16.8 Å². The Morgan fingerprint density at radius 2 is 1.83 bits per heavy atom. The van der Waals surface area contributed by atoms with Crippen LogP contribution in [0.4, 0.5) is 5.82 Å². The lowest BCUT2D eigenvalue weighted by molar-refractivity contribution is -0.136. The highest BCUT2D eigenvalue weighted by Gasteiger charge is 2.26. The molecule has 0 radical (unpaired) electrons. The lowest BCUT2D eigenvalue weighted by atomic mass is 10.2. The zero-order valence-electron chi connectivity index (χ0n) is 15.8. The van der Waals surface area contributed by atoms with Crippen LogP contribution >= 0.6 is 11.8 Å². The fourth-order valence-electron chi connectivity index (χ4n) is 3.07. The molecule has 148 valence electrons. The number of carbonyl (C=O) groups is 2. The molecule has 2 aromatic carbocycles. The van der Waals surface area contributed by atoms with Gasteiger partial charge in [0.25, 0.3) is 0 Å². The number of ether oxygens (including phenoxy) is 1. The van der Waals surface area contributed by atoms with Gasteiger partial charge in [-0.1, -0.05) is 30.3 Å². The van der Waals surface area contributed by atoms with Crippen molar-refractivity contribution >= 4 is 29.4 Å². The predicted molar refractivity (Wildman–Crippen MR) is 112 cm³/mol. The molecule has 2 amide bonds. The average Bonchev–Trinajstić information content (AvgIpc) is 3.35. The lowest BCUT2D eigenvalue weighted by Gasteiger charge is -2.11. The van der Waals surface area contributed by atoms with Crippen LogP contribution in [0.3, 0.4) is 0 Å². The number of anilines is 1. The number of benzene rings is 2. The van der Waals surface area contributed by atoms with Crippen LogP contribution in [0.25, 0.3) is 5.69 Å². The maximum Gasteiger partial charge on any atom is 0.314 e. The first kappa shape index (κ1) is 19.1. The van der Waals surface area contributed by atoms with Crippen molar-refractivity contribution < 1.29 is 14.3 Å². The van der Waals surface area contributed by atoms with Crippen molar-refractivity contribution in [2.75, 3.05) is 12.4 Å². The largest absolute Gasteiger partial charge is 0.497 e. The van der Waals surface area contributed by atoms with Gasteiger partial charge in [0.1, 0.15) is 11.6 Å². The Bertz CT molecular complexity index is 1030. The molecule has 2 N–H and O–H groups in total. The van der Waals surface area contributed by atoms with Crippen LogP contribution in [0, 0.1) is 0 Å². The highest BCUT2D eigenvalue weighted by atomic mass is 32.2. The molecular weight excluding hydrogens is 388 g/mol. The van der Waals surface area contributed by atoms with E-state index in [4.69, 9.17) is 4.74 Å². The first-order valence-corrected chi connectivity index (χ1v) is 10.3. The third-order valence-corrected chi connectivity index (χ3v) is 5.57. The van der Waals surface area contributed by atoms with Gasteiger partial charge in [-0.2, -0.15) is 16.9 Å². The SMILES string of the molecule is COc1ccc(CNC(=O)C(=O)Nc2c3c(nn2-c2ccccc2)CSC3)cc1. The Labute approximate surface area is 172 Å². The molecule has 1 aliphatic heterocycles. The smallest absolute Gasteiger partial charge is 0.314 e. The fraction of sp³-hybridized carbons (Fsp3) is 0.190. The number of nitrogens with zero attached hydrogens (tertiary/aromatic N) is 2. The van der Waals surface area contributed by atoms with E-state index in [1.54, 1.807) is 35.7 Å². The van der Waals surface area contributed by atoms with Gasteiger partial charge in [-0.25, -0.2) is 4.68 Å². The maximum atomic E-state index is 12.5. The number of rotatable bonds is 5. The van der Waals surface area contributed by atoms with Crippen molar-refractivity contribution in [3.8, 4) is 11.4 Å². The molecule has 0 spiro atoms. The van der Waals surface area contributed by atoms with Gasteiger partial charge in [0, 0.05) is 23.6 Å². The highest BCUT2D eigenvalue weighted by Crippen LogP contribution is 2.36. The van der Waals surface area contributed by atoms with E-state index in [1.165, 1.54) is 0 Å². The number of methoxy groups -OCH3 is 1. The summed E-state index contributed by atoms with van der Waals surface area (Å²) in [5.41, 5.74) is 3.61. The molecule has 0 atom stereocenters. The molecule has 3 aromatic rings. The van der Waals surface area contributed by atoms with E-state index < -0.39 is 11.8 Å². The Kier molecular flexibility index (Phi) is 5.53. The molecule has 0 saturated carbocycles. The first-order chi connectivity index (χ1) is 14.2. The number of carbonyl (C=O) groups excluding carboxylic acids is 2. The molecular formula is C21H20N4O3S. The normalized spacial score (nSPS) is 12.3. The molecule has 0 saturated heterocycles. The standard InChI is InChI=1S/C21H20N4O3S/c1-28-16-9-7-14(8-10-16)11-22-20(26)21(27)23-19-17-12-29-13-18(17)24-25(19)15-5-3-2-4-6-15/h2-10H,11-13H2,1H3,(H,22,26)(H,23,27). The highest BCUT2D eigenvalue weighted by molar-refractivity contribution is 7.98. The second kappa shape index (κ2) is 8.40. The fourth-order valence-corrected chi connectivity index (χ4v) is 4.10. The first-order valence-electron chi connectivity index (χ1n) is 9.12. The summed E-state index contributed by atoms with van der Waals surface area (Å²) >= 11 is 1.74. The lowest BCUT2D eigenvalue weighted by Crippen LogP contribution is -2.35. The molecule has 7 nitrogen and oxygen atoms in total. The summed E-state index contributed by atoms with van der Waals surface area (Å²) in [7, 11) is 1.59. The molecule has 0 bridgehead atoms. The number of para-hydroxylation sites is 1. The molecule has 8 heteroatoms. The van der Waals surface area contributed by atoms with Crippen LogP contribution in [-0.2, 0) is 27.6 Å². The molecule has 1 aromatic heterocycles. The molecule has 0 aliphatic carbocycles. The minimum absolute atomic E-state index is 0.252. The van der Waals surface area contributed by atoms with E-state index >= 15 is 0 Å². The zero-order chi connectivity index (χ0) is 20.2. The van der Waals surface area contributed by atoms with Crippen LogP contribution < -0.4 is 15.4 Å². The number of aromatic nitrogens is 2. The second-order valence-corrected chi connectivity index (χ2v) is 7.48. The van der Waals surface area contributed by atoms with E-state index in [2.05, 4.69) is 15.7 Å². The maximum absolute atomic E-state index is 12.5. The quantitative estimate of drug-likeness (QED) is 0.634. The van der Waals surface area contributed by atoms with Crippen molar-refractivity contribution in [2.45, 2.75) is 18.1 Å². The Balaban J connectivity index is 1.47. The van der Waals surface area contributed by atoms with Gasteiger partial charge in [-0.3, -0.25) is 9.59 Å². The Hall–Kier alpha value is -3.26. The average molecular weight is 408 g/mol. The van der Waals surface area contributed by atoms with E-state index in [0.717, 1.165) is 39.8 Å². The summed E-state index contributed by atoms with van der Waals surface area (Å²) in [5, 5.41) is 10.0. The van der Waals surface area contributed by atoms with Crippen LogP contribution in [0.2, 0.25) is 0 Å². The summed E-state index contributed by atoms with van der Waals surface area (Å²) in [6.45, 7) is 0.252. The van der Waals surface area contributed by atoms with Gasteiger partial charge in [0.2, 0.25) is 0 Å². The number of fused-ring (bicyclic) bond motifs is 1. The van der Waals surface area contributed by atoms with E-state index in [1.807, 2.05) is 42.5 Å². The Morgan fingerprint density at radius 3 is 2.55 bits per heavy atom. The molecule has 2 heterocycles. The molecule has 29 heavy (non-hydrogen) atoms. The summed E-state index contributed by atoms with van der Waals surface area (Å²) < 4.78 is 6.81. The van der Waals surface area contributed by atoms with Crippen molar-refractivity contribution in [3.63, 3.8) is 0 Å². The zero-order valence-corrected chi connectivity index (χ0v) is 16.7. The predicted octanol–water partition coefficient (Wildman–Crippen LogP) is 2.88. The summed E-state index contributed by atoms with van der Waals surface area (Å²) in [5.74, 6) is 1.43. The number of amides is 2. The molecule has 4 rings (SSSR count). The van der Waals surface area contributed by atoms with E-state index in [-0.39, 0.29) is 6.54 Å². The monoisotopic (exact) mass is 408 g/mol. The van der Waals surface area contributed by atoms with Crippen LogP contribution in [0.15, 0.2) is 54.6 Å². The molecule has 0 unspecified atom stereocenters. The molecule has 1 aliphatic rings. The molecule has 0 fully saturated rings. The number of hydrogen-bond acceptors (Lipinski definition) is 5. The minimum atomic E-state index is -0.713. The van der Waals surface area contributed by atoms with Crippen molar-refractivity contribution in [1.29, 1.82) is 0 Å². The van der Waals surface area contributed by atoms with Crippen molar-refractivity contribution in [2.24, 2.45) is 0 Å². The van der Waals surface area contributed by atoms with Gasteiger partial charge < -0.3 is 15.4 Å². The number of thioether (sulfide) groups is 1. The van der Waals surface area contributed by atoms with Gasteiger partial charge in [-0.05, 0) is 29.8 Å². The number of nitrogens with one attached hydrogen (secondary N) is 2. The van der Waals surface area contributed by atoms with Gasteiger partial charge in [0.15, 0.2) is 0 Å². The summed E-state index contributed by atoms with van der Waals surface area (Å²) in [4.78, 5) is 24.9.